The summed E-state index contributed by atoms with van der Waals surface area (Å²) in [5.74, 6) is -2.62. The van der Waals surface area contributed by atoms with E-state index in [1.54, 1.807) is 88.4 Å². The number of fused-ring (bicyclic) bond motifs is 2. The van der Waals surface area contributed by atoms with Crippen LogP contribution in [-0.4, -0.2) is 148 Å². The minimum atomic E-state index is -1.22. The van der Waals surface area contributed by atoms with E-state index in [1.807, 2.05) is 6.92 Å². The third kappa shape index (κ3) is 12.6. The number of esters is 2. The normalized spacial score (nSPS) is 21.4. The molecule has 0 saturated carbocycles. The van der Waals surface area contributed by atoms with Crippen LogP contribution in [-0.2, 0) is 19.1 Å². The molecule has 2 saturated heterocycles. The van der Waals surface area contributed by atoms with Gasteiger partial charge in [-0.15, -0.1) is 33.7 Å². The number of amides is 2. The fourth-order valence-electron chi connectivity index (χ4n) is 6.78. The van der Waals surface area contributed by atoms with Gasteiger partial charge in [-0.3, -0.25) is 39.8 Å². The third-order valence-corrected chi connectivity index (χ3v) is 13.6. The summed E-state index contributed by atoms with van der Waals surface area (Å²) in [6, 6.07) is 17.0. The van der Waals surface area contributed by atoms with Gasteiger partial charge in [0, 0.05) is 24.2 Å². The first kappa shape index (κ1) is 57.0. The summed E-state index contributed by atoms with van der Waals surface area (Å²) in [5, 5.41) is 54.9. The predicted octanol–water partition coefficient (Wildman–Crippen LogP) is -1.54. The number of carbonyl (C=O) groups excluding carboxylic acids is 4. The van der Waals surface area contributed by atoms with Gasteiger partial charge in [-0.2, -0.15) is 9.97 Å². The smallest absolute Gasteiger partial charge is 0.870 e. The average Bonchev–Trinajstić information content (AvgIpc) is 4.11. The largest absolute Gasteiger partial charge is 1.00 e. The summed E-state index contributed by atoms with van der Waals surface area (Å²) in [6.45, 7) is 8.41. The van der Waals surface area contributed by atoms with Crippen molar-refractivity contribution < 1.29 is 84.1 Å². The van der Waals surface area contributed by atoms with E-state index < -0.39 is 63.5 Å². The van der Waals surface area contributed by atoms with Crippen LogP contribution in [0, 0.1) is 11.8 Å². The molecule has 2 aromatic carbocycles. The second-order valence-corrected chi connectivity index (χ2v) is 18.4. The number of hydrogen-bond donors (Lipinski definition) is 8. The number of ether oxygens (including phenoxy) is 2. The summed E-state index contributed by atoms with van der Waals surface area (Å²) < 4.78 is 14.6. The molecule has 6 heterocycles. The van der Waals surface area contributed by atoms with Gasteiger partial charge in [-0.1, -0.05) is 81.4 Å². The monoisotopic (exact) mass is 1020 g/mol. The van der Waals surface area contributed by atoms with Crippen LogP contribution < -0.4 is 51.3 Å². The zero-order chi connectivity index (χ0) is 49.4. The Kier molecular flexibility index (Phi) is 20.7. The number of H-pyrrole nitrogens is 2. The van der Waals surface area contributed by atoms with Gasteiger partial charge < -0.3 is 35.4 Å². The van der Waals surface area contributed by atoms with Gasteiger partial charge in [-0.05, 0) is 30.7 Å². The molecule has 370 valence electrons. The zero-order valence-electron chi connectivity index (χ0n) is 38.9. The molecule has 2 amide bonds. The third-order valence-electron chi connectivity index (χ3n) is 10.4. The summed E-state index contributed by atoms with van der Waals surface area (Å²) in [6.07, 6.45) is -3.66. The Bertz CT molecular complexity index is 2850. The Morgan fingerprint density at radius 3 is 1.50 bits per heavy atom. The van der Waals surface area contributed by atoms with E-state index in [9.17, 15) is 44.1 Å². The van der Waals surface area contributed by atoms with Crippen molar-refractivity contribution in [3.63, 3.8) is 0 Å². The molecule has 0 radical (unpaired) electrons. The number of benzene rings is 2. The SMILES string of the molecule is CC(C)C(=O)Nc1nc2c(nnn2[C@@H]2S[C@H](CO)[C@@H](O)[C@H]2O)c(=O)[nH]1.CC[C@H]1S[C@@H](n2nnc3c(=O)[nH]c(NC(=O)C(C)C)nc32)[C@H](OC(=O)c2ccccc2)[C@@H]1OC(=O)c1ccccc1.CO.[Na+].[OH-]. The first-order chi connectivity index (χ1) is 32.6. The van der Waals surface area contributed by atoms with Gasteiger partial charge in [0.05, 0.1) is 29.1 Å². The molecule has 0 aliphatic carbocycles. The van der Waals surface area contributed by atoms with Gasteiger partial charge in [0.15, 0.2) is 34.5 Å². The number of aromatic nitrogens is 10. The van der Waals surface area contributed by atoms with Crippen LogP contribution in [0.1, 0.15) is 72.5 Å². The maximum Gasteiger partial charge on any atom is 1.00 e. The number of thioether (sulfide) groups is 2. The Hall–Kier alpha value is -5.62. The van der Waals surface area contributed by atoms with E-state index in [1.165, 1.54) is 21.1 Å². The van der Waals surface area contributed by atoms with E-state index in [-0.39, 0.29) is 105 Å². The molecule has 8 atom stereocenters. The number of aliphatic hydroxyl groups excluding tert-OH is 4. The fourth-order valence-corrected chi connectivity index (χ4v) is 9.66. The first-order valence-electron chi connectivity index (χ1n) is 21.2. The number of aromatic amines is 2. The quantitative estimate of drug-likeness (QED) is 0.0508. The molecule has 8 rings (SSSR count). The Labute approximate surface area is 428 Å². The minimum absolute atomic E-state index is 0. The summed E-state index contributed by atoms with van der Waals surface area (Å²) >= 11 is 2.47. The van der Waals surface area contributed by atoms with Crippen LogP contribution in [0.2, 0.25) is 0 Å². The van der Waals surface area contributed by atoms with Gasteiger partial charge in [0.25, 0.3) is 11.1 Å². The van der Waals surface area contributed by atoms with Gasteiger partial charge in [0.1, 0.15) is 16.9 Å². The molecule has 0 spiro atoms. The topological polar surface area (TPSA) is 375 Å². The van der Waals surface area contributed by atoms with E-state index in [4.69, 9.17) is 14.6 Å². The Morgan fingerprint density at radius 2 is 1.10 bits per heavy atom. The van der Waals surface area contributed by atoms with Crippen molar-refractivity contribution >= 4 is 81.5 Å². The fraction of sp³-hybridized carbons (Fsp3) is 0.429. The average molecular weight is 1020 g/mol. The Morgan fingerprint density at radius 1 is 0.686 bits per heavy atom. The number of hydrogen-bond acceptors (Lipinski definition) is 21. The maximum absolute atomic E-state index is 13.2. The molecular weight excluding hydrogens is 968 g/mol. The number of nitrogens with zero attached hydrogens (tertiary/aromatic N) is 8. The molecule has 0 bridgehead atoms. The first-order valence-corrected chi connectivity index (χ1v) is 23.0. The van der Waals surface area contributed by atoms with Crippen molar-refractivity contribution in [1.29, 1.82) is 0 Å². The van der Waals surface area contributed by atoms with Crippen molar-refractivity contribution in [3.8, 4) is 0 Å². The standard InChI is InChI=1S/C28H28N6O6S.C13H18N6O5S.CH4O.Na.H2O/c1-4-18-20(39-26(37)16-11-7-5-8-12-16)21(40-27(38)17-13-9-6-10-14-17)25(41-18)34-22-19(32-33-34)24(36)31-28(29-22)30-23(35)15(2)3;1-4(2)10(23)15-13-14-9-6(11(24)16-13)17-18-19(9)12-8(22)7(21)5(3-20)25-12;1-2;;/h5-15,18,20-21,25H,4H2,1-3H3,(H2,29,30,31,35,36);4-5,7-8,12,20-22H,3H2,1-2H3,(H2,14,15,16,23,24);2H,1H3;;1H2/q;;;+1;/p-1/t18-,20-,21-,25-;5-,7-,8-,12-;;;/m11.../s1. The molecule has 25 nitrogen and oxygen atoms in total. The molecule has 2 fully saturated rings. The molecule has 4 aromatic heterocycles. The molecular formula is C42H51N12NaO13S2. The zero-order valence-corrected chi connectivity index (χ0v) is 42.5. The van der Waals surface area contributed by atoms with E-state index in [0.29, 0.717) is 17.5 Å². The number of aliphatic hydroxyl groups is 4. The maximum atomic E-state index is 13.2. The summed E-state index contributed by atoms with van der Waals surface area (Å²) in [7, 11) is 1.00. The molecule has 2 aliphatic heterocycles. The van der Waals surface area contributed by atoms with Crippen LogP contribution in [0.15, 0.2) is 70.3 Å². The van der Waals surface area contributed by atoms with Crippen LogP contribution in [0.25, 0.3) is 22.3 Å². The van der Waals surface area contributed by atoms with Crippen LogP contribution in [0.5, 0.6) is 0 Å². The number of anilines is 2. The van der Waals surface area contributed by atoms with Crippen molar-refractivity contribution in [1.82, 2.24) is 49.9 Å². The number of rotatable bonds is 12. The number of carbonyl (C=O) groups is 4. The van der Waals surface area contributed by atoms with Crippen LogP contribution in [0.3, 0.4) is 0 Å². The van der Waals surface area contributed by atoms with Gasteiger partial charge in [0.2, 0.25) is 23.7 Å². The van der Waals surface area contributed by atoms with Crippen LogP contribution >= 0.6 is 23.5 Å². The van der Waals surface area contributed by atoms with Crippen molar-refractivity contribution in [2.24, 2.45) is 11.8 Å². The molecule has 28 heteroatoms. The number of nitrogens with one attached hydrogen (secondary N) is 4. The molecule has 2 aliphatic rings. The van der Waals surface area contributed by atoms with Crippen molar-refractivity contribution in [2.75, 3.05) is 24.4 Å². The molecule has 6 aromatic rings. The second kappa shape index (κ2) is 25.5. The van der Waals surface area contributed by atoms with Gasteiger partial charge in [-0.25, -0.2) is 19.0 Å². The van der Waals surface area contributed by atoms with E-state index in [0.717, 1.165) is 18.9 Å². The van der Waals surface area contributed by atoms with E-state index in [2.05, 4.69) is 51.2 Å². The Balaban J connectivity index is 0.000000316. The summed E-state index contributed by atoms with van der Waals surface area (Å²) in [4.78, 5) is 88.8. The molecule has 9 N–H and O–H groups in total. The predicted molar refractivity (Wildman–Crippen MR) is 250 cm³/mol. The molecule has 70 heavy (non-hydrogen) atoms. The van der Waals surface area contributed by atoms with Gasteiger partial charge >= 0.3 is 41.5 Å². The second-order valence-electron chi connectivity index (χ2n) is 15.7. The summed E-state index contributed by atoms with van der Waals surface area (Å²) in [5.41, 5.74) is -0.486. The van der Waals surface area contributed by atoms with E-state index >= 15 is 0 Å². The van der Waals surface area contributed by atoms with Crippen molar-refractivity contribution in [3.05, 3.63) is 92.5 Å². The minimum Gasteiger partial charge on any atom is -0.870 e. The van der Waals surface area contributed by atoms with Crippen molar-refractivity contribution in [2.45, 2.75) is 86.7 Å². The molecule has 0 unspecified atom stereocenters. The van der Waals surface area contributed by atoms with Crippen LogP contribution in [0.4, 0.5) is 11.9 Å².